The fourth-order valence-electron chi connectivity index (χ4n) is 3.61. The first kappa shape index (κ1) is 16.6. The molecule has 0 radical (unpaired) electrons. The smallest absolute Gasteiger partial charge is 0.221 e. The van der Waals surface area contributed by atoms with Gasteiger partial charge in [0, 0.05) is 23.7 Å². The second-order valence-electron chi connectivity index (χ2n) is 6.95. The summed E-state index contributed by atoms with van der Waals surface area (Å²) in [7, 11) is 0. The normalized spacial score (nSPS) is 15.2. The van der Waals surface area contributed by atoms with Crippen LogP contribution in [0.25, 0.3) is 16.9 Å². The fraction of sp³-hybridized carbons (Fsp3) is 0.350. The molecule has 134 valence electrons. The molecule has 0 atom stereocenters. The van der Waals surface area contributed by atoms with E-state index in [-0.39, 0.29) is 12.3 Å². The van der Waals surface area contributed by atoms with Crippen molar-refractivity contribution in [1.82, 2.24) is 14.6 Å². The van der Waals surface area contributed by atoms with E-state index >= 15 is 0 Å². The van der Waals surface area contributed by atoms with E-state index in [0.29, 0.717) is 6.04 Å². The summed E-state index contributed by atoms with van der Waals surface area (Å²) in [6, 6.07) is 12.3. The quantitative estimate of drug-likeness (QED) is 0.741. The van der Waals surface area contributed by atoms with Crippen molar-refractivity contribution in [3.63, 3.8) is 0 Å². The first-order valence-corrected chi connectivity index (χ1v) is 9.18. The molecule has 2 aromatic heterocycles. The Labute approximate surface area is 152 Å². The number of benzene rings is 1. The molecule has 0 spiro atoms. The van der Waals surface area contributed by atoms with Crippen LogP contribution < -0.4 is 11.1 Å². The second-order valence-corrected chi connectivity index (χ2v) is 6.95. The fourth-order valence-corrected chi connectivity index (χ4v) is 3.61. The maximum absolute atomic E-state index is 11.1. The number of aromatic nitrogens is 3. The molecule has 1 fully saturated rings. The van der Waals surface area contributed by atoms with Crippen molar-refractivity contribution in [3.05, 3.63) is 48.2 Å². The third-order valence-corrected chi connectivity index (χ3v) is 4.94. The van der Waals surface area contributed by atoms with Gasteiger partial charge in [-0.15, -0.1) is 0 Å². The minimum Gasteiger partial charge on any atom is -0.369 e. The van der Waals surface area contributed by atoms with E-state index in [1.54, 1.807) is 6.20 Å². The largest absolute Gasteiger partial charge is 0.369 e. The summed E-state index contributed by atoms with van der Waals surface area (Å²) in [5, 5.41) is 8.06. The molecule has 0 aliphatic heterocycles. The zero-order valence-electron chi connectivity index (χ0n) is 14.7. The van der Waals surface area contributed by atoms with Gasteiger partial charge in [-0.05, 0) is 18.4 Å². The van der Waals surface area contributed by atoms with Gasteiger partial charge in [0.25, 0.3) is 0 Å². The summed E-state index contributed by atoms with van der Waals surface area (Å²) in [4.78, 5) is 15.8. The molecular weight excluding hydrogens is 326 g/mol. The van der Waals surface area contributed by atoms with E-state index in [0.717, 1.165) is 28.3 Å². The average Bonchev–Trinajstić information content (AvgIpc) is 3.12. The van der Waals surface area contributed by atoms with Crippen LogP contribution in [0.2, 0.25) is 0 Å². The van der Waals surface area contributed by atoms with Crippen molar-refractivity contribution in [2.75, 3.05) is 5.32 Å². The number of nitrogens with two attached hydrogens (primary N) is 1. The van der Waals surface area contributed by atoms with Crippen LogP contribution in [0, 0.1) is 0 Å². The molecule has 1 amide bonds. The Bertz CT molecular complexity index is 910. The monoisotopic (exact) mass is 349 g/mol. The highest BCUT2D eigenvalue weighted by Gasteiger charge is 2.16. The minimum absolute atomic E-state index is 0.254. The zero-order valence-corrected chi connectivity index (χ0v) is 14.7. The number of primary amides is 1. The molecular formula is C20H23N5O. The van der Waals surface area contributed by atoms with Crippen molar-refractivity contribution >= 4 is 17.4 Å². The Hall–Kier alpha value is -2.89. The van der Waals surface area contributed by atoms with Crippen LogP contribution in [0.1, 0.15) is 37.7 Å². The van der Waals surface area contributed by atoms with Gasteiger partial charge in [-0.1, -0.05) is 43.5 Å². The maximum Gasteiger partial charge on any atom is 0.221 e. The molecule has 1 aliphatic rings. The third-order valence-electron chi connectivity index (χ3n) is 4.94. The van der Waals surface area contributed by atoms with E-state index in [1.807, 2.05) is 34.8 Å². The van der Waals surface area contributed by atoms with Crippen LogP contribution in [-0.2, 0) is 11.2 Å². The number of amides is 1. The number of nitrogens with zero attached hydrogens (tertiary/aromatic N) is 3. The third kappa shape index (κ3) is 3.54. The average molecular weight is 349 g/mol. The van der Waals surface area contributed by atoms with Crippen LogP contribution in [0.3, 0.4) is 0 Å². The van der Waals surface area contributed by atoms with E-state index in [2.05, 4.69) is 16.5 Å². The molecule has 4 rings (SSSR count). The summed E-state index contributed by atoms with van der Waals surface area (Å²) in [6.07, 6.45) is 8.30. The Kier molecular flexibility index (Phi) is 4.56. The molecule has 0 bridgehead atoms. The standard InChI is InChI=1S/C20H23N5O/c21-18(26)12-14-6-8-15(9-7-14)17-13-20(23-16-4-2-1-3-5-16)25-19(24-17)10-11-22-25/h6-11,13,16,23H,1-5,12H2,(H2,21,26). The minimum atomic E-state index is -0.324. The Morgan fingerprint density at radius 3 is 2.65 bits per heavy atom. The van der Waals surface area contributed by atoms with Crippen molar-refractivity contribution in [1.29, 1.82) is 0 Å². The number of hydrogen-bond acceptors (Lipinski definition) is 4. The highest BCUT2D eigenvalue weighted by molar-refractivity contribution is 5.77. The number of fused-ring (bicyclic) bond motifs is 1. The topological polar surface area (TPSA) is 85.3 Å². The lowest BCUT2D eigenvalue weighted by Crippen LogP contribution is -2.23. The molecule has 26 heavy (non-hydrogen) atoms. The lowest BCUT2D eigenvalue weighted by Gasteiger charge is -2.24. The molecule has 1 aliphatic carbocycles. The van der Waals surface area contributed by atoms with Gasteiger partial charge >= 0.3 is 0 Å². The van der Waals surface area contributed by atoms with Gasteiger partial charge in [0.15, 0.2) is 5.65 Å². The Morgan fingerprint density at radius 1 is 1.15 bits per heavy atom. The number of hydrogen-bond donors (Lipinski definition) is 2. The number of carbonyl (C=O) groups is 1. The van der Waals surface area contributed by atoms with Gasteiger partial charge in [0.2, 0.25) is 5.91 Å². The van der Waals surface area contributed by atoms with E-state index in [4.69, 9.17) is 10.7 Å². The summed E-state index contributed by atoms with van der Waals surface area (Å²) in [6.45, 7) is 0. The van der Waals surface area contributed by atoms with E-state index in [1.165, 1.54) is 32.1 Å². The first-order chi connectivity index (χ1) is 12.7. The van der Waals surface area contributed by atoms with E-state index in [9.17, 15) is 4.79 Å². The molecule has 1 aromatic carbocycles. The zero-order chi connectivity index (χ0) is 17.9. The van der Waals surface area contributed by atoms with Gasteiger partial charge in [-0.25, -0.2) is 4.98 Å². The van der Waals surface area contributed by atoms with Crippen LogP contribution in [-0.4, -0.2) is 26.5 Å². The number of carbonyl (C=O) groups excluding carboxylic acids is 1. The summed E-state index contributed by atoms with van der Waals surface area (Å²) in [5.74, 6) is 0.652. The van der Waals surface area contributed by atoms with Crippen LogP contribution in [0.4, 0.5) is 5.82 Å². The molecule has 3 aromatic rings. The van der Waals surface area contributed by atoms with Crippen LogP contribution >= 0.6 is 0 Å². The molecule has 0 unspecified atom stereocenters. The van der Waals surface area contributed by atoms with Gasteiger partial charge in [-0.2, -0.15) is 9.61 Å². The Balaban J connectivity index is 1.65. The van der Waals surface area contributed by atoms with Gasteiger partial charge in [-0.3, -0.25) is 4.79 Å². The summed E-state index contributed by atoms with van der Waals surface area (Å²) >= 11 is 0. The predicted octanol–water partition coefficient (Wildman–Crippen LogP) is 3.17. The lowest BCUT2D eigenvalue weighted by atomic mass is 9.95. The highest BCUT2D eigenvalue weighted by Crippen LogP contribution is 2.26. The Morgan fingerprint density at radius 2 is 1.92 bits per heavy atom. The van der Waals surface area contributed by atoms with Gasteiger partial charge in [0.1, 0.15) is 5.82 Å². The first-order valence-electron chi connectivity index (χ1n) is 9.18. The molecule has 3 N–H and O–H groups in total. The van der Waals surface area contributed by atoms with Gasteiger partial charge in [0.05, 0.1) is 18.3 Å². The molecule has 0 saturated heterocycles. The molecule has 6 heteroatoms. The summed E-state index contributed by atoms with van der Waals surface area (Å²) < 4.78 is 1.86. The number of rotatable bonds is 5. The van der Waals surface area contributed by atoms with Crippen molar-refractivity contribution in [2.24, 2.45) is 5.73 Å². The number of nitrogens with one attached hydrogen (secondary N) is 1. The van der Waals surface area contributed by atoms with Crippen LogP contribution in [0.15, 0.2) is 42.6 Å². The van der Waals surface area contributed by atoms with Gasteiger partial charge < -0.3 is 11.1 Å². The van der Waals surface area contributed by atoms with Crippen molar-refractivity contribution < 1.29 is 4.79 Å². The van der Waals surface area contributed by atoms with Crippen molar-refractivity contribution in [2.45, 2.75) is 44.6 Å². The van der Waals surface area contributed by atoms with Crippen molar-refractivity contribution in [3.8, 4) is 11.3 Å². The SMILES string of the molecule is NC(=O)Cc1ccc(-c2cc(NC3CCCCC3)n3nccc3n2)cc1. The van der Waals surface area contributed by atoms with Crippen LogP contribution in [0.5, 0.6) is 0 Å². The maximum atomic E-state index is 11.1. The molecule has 1 saturated carbocycles. The van der Waals surface area contributed by atoms with E-state index < -0.39 is 0 Å². The lowest BCUT2D eigenvalue weighted by molar-refractivity contribution is -0.117. The highest BCUT2D eigenvalue weighted by atomic mass is 16.1. The molecule has 2 heterocycles. The second kappa shape index (κ2) is 7.15. The summed E-state index contributed by atoms with van der Waals surface area (Å²) in [5.41, 5.74) is 8.89. The number of anilines is 1. The molecule has 6 nitrogen and oxygen atoms in total. The predicted molar refractivity (Wildman–Crippen MR) is 102 cm³/mol.